The van der Waals surface area contributed by atoms with Crippen molar-refractivity contribution in [3.8, 4) is 0 Å². The molecule has 19 heavy (non-hydrogen) atoms. The Hall–Kier alpha value is -0.0600. The van der Waals surface area contributed by atoms with Gasteiger partial charge < -0.3 is 10.6 Å². The highest BCUT2D eigenvalue weighted by atomic mass is 79.9. The van der Waals surface area contributed by atoms with Crippen LogP contribution in [0.3, 0.4) is 0 Å². The van der Waals surface area contributed by atoms with Crippen molar-refractivity contribution in [1.29, 1.82) is 0 Å². The summed E-state index contributed by atoms with van der Waals surface area (Å²) in [4.78, 5) is 0. The summed E-state index contributed by atoms with van der Waals surface area (Å²) in [6.45, 7) is 6.56. The topological polar surface area (TPSA) is 24.1 Å². The summed E-state index contributed by atoms with van der Waals surface area (Å²) >= 11 is 7.36. The maximum atomic E-state index is 3.72. The van der Waals surface area contributed by atoms with E-state index in [1.54, 1.807) is 0 Å². The lowest BCUT2D eigenvalue weighted by atomic mass is 9.96. The van der Waals surface area contributed by atoms with Crippen molar-refractivity contribution in [3.63, 3.8) is 0 Å². The number of hydrogen-bond acceptors (Lipinski definition) is 2. The minimum Gasteiger partial charge on any atom is -0.381 e. The second-order valence-corrected chi connectivity index (χ2v) is 6.91. The van der Waals surface area contributed by atoms with Gasteiger partial charge in [-0.3, -0.25) is 0 Å². The third-order valence-electron chi connectivity index (χ3n) is 3.75. The Morgan fingerprint density at radius 3 is 2.95 bits per heavy atom. The van der Waals surface area contributed by atoms with Crippen LogP contribution < -0.4 is 10.6 Å². The number of nitrogens with one attached hydrogen (secondary N) is 2. The van der Waals surface area contributed by atoms with E-state index >= 15 is 0 Å². The number of anilines is 1. The molecule has 2 rings (SSSR count). The second-order valence-electron chi connectivity index (χ2n) is 5.26. The fourth-order valence-electron chi connectivity index (χ4n) is 2.49. The van der Waals surface area contributed by atoms with E-state index in [2.05, 4.69) is 62.4 Å². The molecule has 1 aliphatic heterocycles. The molecule has 1 aromatic rings. The van der Waals surface area contributed by atoms with Crippen LogP contribution in [0.4, 0.5) is 5.69 Å². The van der Waals surface area contributed by atoms with Crippen molar-refractivity contribution in [1.82, 2.24) is 5.32 Å². The van der Waals surface area contributed by atoms with Gasteiger partial charge >= 0.3 is 0 Å². The summed E-state index contributed by atoms with van der Waals surface area (Å²) in [5.74, 6) is 0. The van der Waals surface area contributed by atoms with E-state index in [4.69, 9.17) is 0 Å². The van der Waals surface area contributed by atoms with Crippen LogP contribution in [0.15, 0.2) is 15.0 Å². The molecule has 1 aliphatic rings. The molecule has 0 fully saturated rings. The third kappa shape index (κ3) is 3.73. The summed E-state index contributed by atoms with van der Waals surface area (Å²) < 4.78 is 2.42. The first-order chi connectivity index (χ1) is 9.13. The Morgan fingerprint density at radius 1 is 1.42 bits per heavy atom. The van der Waals surface area contributed by atoms with Crippen LogP contribution >= 0.6 is 31.9 Å². The van der Waals surface area contributed by atoms with Gasteiger partial charge in [0, 0.05) is 27.2 Å². The van der Waals surface area contributed by atoms with E-state index in [9.17, 15) is 0 Å². The molecule has 2 nitrogen and oxygen atoms in total. The van der Waals surface area contributed by atoms with E-state index in [0.717, 1.165) is 19.5 Å². The SMILES string of the molecule is CCCCNC[C@H]1CCc2c(cc(Br)c(C)c2Br)N1. The maximum absolute atomic E-state index is 3.72. The van der Waals surface area contributed by atoms with Crippen LogP contribution in [0.1, 0.15) is 37.3 Å². The van der Waals surface area contributed by atoms with E-state index in [1.165, 1.54) is 45.0 Å². The predicted molar refractivity (Wildman–Crippen MR) is 90.1 cm³/mol. The molecule has 0 bridgehead atoms. The van der Waals surface area contributed by atoms with Gasteiger partial charge in [-0.25, -0.2) is 0 Å². The molecule has 1 atom stereocenters. The van der Waals surface area contributed by atoms with E-state index in [-0.39, 0.29) is 0 Å². The quantitative estimate of drug-likeness (QED) is 0.717. The maximum Gasteiger partial charge on any atom is 0.0398 e. The van der Waals surface area contributed by atoms with Crippen molar-refractivity contribution < 1.29 is 0 Å². The zero-order chi connectivity index (χ0) is 13.8. The molecule has 4 heteroatoms. The molecule has 0 aliphatic carbocycles. The van der Waals surface area contributed by atoms with Crippen molar-refractivity contribution in [3.05, 3.63) is 26.1 Å². The van der Waals surface area contributed by atoms with Crippen LogP contribution in [-0.4, -0.2) is 19.1 Å². The first kappa shape index (κ1) is 15.3. The van der Waals surface area contributed by atoms with Crippen LogP contribution in [-0.2, 0) is 6.42 Å². The first-order valence-electron chi connectivity index (χ1n) is 7.08. The Morgan fingerprint density at radius 2 is 2.21 bits per heavy atom. The van der Waals surface area contributed by atoms with Crippen LogP contribution in [0.25, 0.3) is 0 Å². The highest BCUT2D eigenvalue weighted by molar-refractivity contribution is 9.11. The Balaban J connectivity index is 2.00. The molecule has 0 saturated heterocycles. The molecule has 0 saturated carbocycles. The van der Waals surface area contributed by atoms with Crippen molar-refractivity contribution in [2.45, 2.75) is 45.6 Å². The third-order valence-corrected chi connectivity index (χ3v) is 5.65. The van der Waals surface area contributed by atoms with Gasteiger partial charge in [0.1, 0.15) is 0 Å². The smallest absolute Gasteiger partial charge is 0.0398 e. The predicted octanol–water partition coefficient (Wildman–Crippen LogP) is 4.64. The fraction of sp³-hybridized carbons (Fsp3) is 0.600. The van der Waals surface area contributed by atoms with Crippen molar-refractivity contribution in [2.75, 3.05) is 18.4 Å². The number of hydrogen-bond donors (Lipinski definition) is 2. The number of halogens is 2. The number of rotatable bonds is 5. The lowest BCUT2D eigenvalue weighted by Crippen LogP contribution is -2.36. The molecule has 1 aromatic carbocycles. The van der Waals surface area contributed by atoms with Gasteiger partial charge in [0.2, 0.25) is 0 Å². The Kier molecular flexibility index (Phi) is 5.72. The van der Waals surface area contributed by atoms with Crippen LogP contribution in [0.2, 0.25) is 0 Å². The van der Waals surface area contributed by atoms with Gasteiger partial charge in [-0.2, -0.15) is 0 Å². The molecular formula is C15H22Br2N2. The van der Waals surface area contributed by atoms with E-state index in [1.807, 2.05) is 0 Å². The van der Waals surface area contributed by atoms with E-state index < -0.39 is 0 Å². The Bertz CT molecular complexity index is 446. The van der Waals surface area contributed by atoms with Gasteiger partial charge in [0.05, 0.1) is 0 Å². The summed E-state index contributed by atoms with van der Waals surface area (Å²) in [7, 11) is 0. The monoisotopic (exact) mass is 388 g/mol. The lowest BCUT2D eigenvalue weighted by molar-refractivity contribution is 0.548. The molecule has 0 unspecified atom stereocenters. The van der Waals surface area contributed by atoms with Crippen molar-refractivity contribution >= 4 is 37.5 Å². The standard InChI is InChI=1S/C15H22Br2N2/c1-3-4-7-18-9-11-5-6-12-14(19-11)8-13(16)10(2)15(12)17/h8,11,18-19H,3-7,9H2,1-2H3/t11-/m1/s1. The van der Waals surface area contributed by atoms with Crippen molar-refractivity contribution in [2.24, 2.45) is 0 Å². The number of benzene rings is 1. The average molecular weight is 390 g/mol. The van der Waals surface area contributed by atoms with Gasteiger partial charge in [-0.05, 0) is 49.9 Å². The normalized spacial score (nSPS) is 18.0. The molecule has 1 heterocycles. The fourth-order valence-corrected chi connectivity index (χ4v) is 3.81. The summed E-state index contributed by atoms with van der Waals surface area (Å²) in [6.07, 6.45) is 4.87. The highest BCUT2D eigenvalue weighted by Gasteiger charge is 2.21. The molecule has 0 amide bonds. The molecule has 0 aromatic heterocycles. The molecule has 0 radical (unpaired) electrons. The minimum atomic E-state index is 0.547. The first-order valence-corrected chi connectivity index (χ1v) is 8.66. The zero-order valence-corrected chi connectivity index (χ0v) is 14.8. The van der Waals surface area contributed by atoms with Crippen LogP contribution in [0.5, 0.6) is 0 Å². The highest BCUT2D eigenvalue weighted by Crippen LogP contribution is 2.37. The van der Waals surface area contributed by atoms with Crippen LogP contribution in [0, 0.1) is 6.92 Å². The van der Waals surface area contributed by atoms with E-state index in [0.29, 0.717) is 6.04 Å². The second kappa shape index (κ2) is 7.09. The lowest BCUT2D eigenvalue weighted by Gasteiger charge is -2.29. The van der Waals surface area contributed by atoms with Gasteiger partial charge in [0.25, 0.3) is 0 Å². The molecule has 2 N–H and O–H groups in total. The van der Waals surface area contributed by atoms with Gasteiger partial charge in [-0.15, -0.1) is 0 Å². The molecule has 0 spiro atoms. The zero-order valence-electron chi connectivity index (χ0n) is 11.7. The molecule has 106 valence electrons. The van der Waals surface area contributed by atoms with Gasteiger partial charge in [0.15, 0.2) is 0 Å². The largest absolute Gasteiger partial charge is 0.381 e. The summed E-state index contributed by atoms with van der Waals surface area (Å²) in [5.41, 5.74) is 3.99. The summed E-state index contributed by atoms with van der Waals surface area (Å²) in [5, 5.41) is 7.20. The average Bonchev–Trinajstić information content (AvgIpc) is 2.41. The molecular weight excluding hydrogens is 368 g/mol. The Labute approximate surface area is 133 Å². The summed E-state index contributed by atoms with van der Waals surface area (Å²) in [6, 6.07) is 2.76. The number of unbranched alkanes of at least 4 members (excludes halogenated alkanes) is 1. The number of fused-ring (bicyclic) bond motifs is 1. The minimum absolute atomic E-state index is 0.547. The van der Waals surface area contributed by atoms with Gasteiger partial charge in [-0.1, -0.05) is 45.2 Å².